The average molecular weight is 276 g/mol. The van der Waals surface area contributed by atoms with Crippen molar-refractivity contribution >= 4 is 0 Å². The highest BCUT2D eigenvalue weighted by Crippen LogP contribution is 2.47. The van der Waals surface area contributed by atoms with Crippen molar-refractivity contribution in [1.29, 1.82) is 0 Å². The SMILES string of the molecule is C1=CC(Cc2ccccc2)=C2CC3CC=CCC3CC2C1. The summed E-state index contributed by atoms with van der Waals surface area (Å²) in [5, 5.41) is 0. The molecule has 0 amide bonds. The number of fused-ring (bicyclic) bond motifs is 2. The van der Waals surface area contributed by atoms with Gasteiger partial charge in [-0.05, 0) is 67.4 Å². The second-order valence-corrected chi connectivity index (χ2v) is 6.95. The quantitative estimate of drug-likeness (QED) is 0.628. The Bertz CT molecular complexity index is 588. The molecule has 3 atom stereocenters. The second kappa shape index (κ2) is 5.67. The summed E-state index contributed by atoms with van der Waals surface area (Å²) in [5.41, 5.74) is 4.86. The lowest BCUT2D eigenvalue weighted by Crippen LogP contribution is -2.29. The highest BCUT2D eigenvalue weighted by Gasteiger charge is 2.35. The minimum atomic E-state index is 0.835. The monoisotopic (exact) mass is 276 g/mol. The molecular weight excluding hydrogens is 252 g/mol. The van der Waals surface area contributed by atoms with Crippen molar-refractivity contribution in [1.82, 2.24) is 0 Å². The zero-order chi connectivity index (χ0) is 14.1. The smallest absolute Gasteiger partial charge is 0.00262 e. The first-order valence-corrected chi connectivity index (χ1v) is 8.47. The molecule has 1 aromatic rings. The molecule has 0 radical (unpaired) electrons. The molecule has 3 aliphatic rings. The third kappa shape index (κ3) is 2.64. The predicted octanol–water partition coefficient (Wildman–Crippen LogP) is 5.48. The summed E-state index contributed by atoms with van der Waals surface area (Å²) >= 11 is 0. The molecule has 4 rings (SSSR count). The van der Waals surface area contributed by atoms with E-state index in [-0.39, 0.29) is 0 Å². The lowest BCUT2D eigenvalue weighted by atomic mass is 9.64. The van der Waals surface area contributed by atoms with E-state index in [4.69, 9.17) is 0 Å². The maximum absolute atomic E-state index is 2.42. The van der Waals surface area contributed by atoms with E-state index in [2.05, 4.69) is 54.6 Å². The van der Waals surface area contributed by atoms with Crippen molar-refractivity contribution in [2.75, 3.05) is 0 Å². The van der Waals surface area contributed by atoms with E-state index in [9.17, 15) is 0 Å². The second-order valence-electron chi connectivity index (χ2n) is 6.95. The van der Waals surface area contributed by atoms with Gasteiger partial charge in [-0.3, -0.25) is 0 Å². The zero-order valence-corrected chi connectivity index (χ0v) is 12.7. The molecule has 1 aromatic carbocycles. The van der Waals surface area contributed by atoms with Crippen LogP contribution >= 0.6 is 0 Å². The van der Waals surface area contributed by atoms with Crippen LogP contribution in [0.15, 0.2) is 65.8 Å². The van der Waals surface area contributed by atoms with Crippen LogP contribution in [0.3, 0.4) is 0 Å². The highest BCUT2D eigenvalue weighted by molar-refractivity contribution is 5.37. The first-order chi connectivity index (χ1) is 10.4. The van der Waals surface area contributed by atoms with Crippen LogP contribution < -0.4 is 0 Å². The van der Waals surface area contributed by atoms with Crippen molar-refractivity contribution < 1.29 is 0 Å². The Morgan fingerprint density at radius 2 is 1.67 bits per heavy atom. The van der Waals surface area contributed by atoms with Crippen molar-refractivity contribution in [3.05, 3.63) is 71.3 Å². The molecule has 0 aromatic heterocycles. The van der Waals surface area contributed by atoms with Gasteiger partial charge in [0.1, 0.15) is 0 Å². The van der Waals surface area contributed by atoms with Gasteiger partial charge in [0.05, 0.1) is 0 Å². The van der Waals surface area contributed by atoms with Crippen molar-refractivity contribution in [3.63, 3.8) is 0 Å². The molecular formula is C21H24. The lowest BCUT2D eigenvalue weighted by Gasteiger charge is -2.41. The Balaban J connectivity index is 1.61. The van der Waals surface area contributed by atoms with Gasteiger partial charge >= 0.3 is 0 Å². The van der Waals surface area contributed by atoms with Gasteiger partial charge in [-0.1, -0.05) is 60.2 Å². The topological polar surface area (TPSA) is 0 Å². The molecule has 0 heterocycles. The van der Waals surface area contributed by atoms with Crippen LogP contribution in [0.5, 0.6) is 0 Å². The maximum Gasteiger partial charge on any atom is -0.00262 e. The van der Waals surface area contributed by atoms with Crippen LogP contribution in [0.2, 0.25) is 0 Å². The van der Waals surface area contributed by atoms with Crippen molar-refractivity contribution in [2.24, 2.45) is 17.8 Å². The van der Waals surface area contributed by atoms with Gasteiger partial charge in [0.15, 0.2) is 0 Å². The third-order valence-corrected chi connectivity index (χ3v) is 5.66. The Kier molecular flexibility index (Phi) is 3.55. The molecule has 0 spiro atoms. The fourth-order valence-electron chi connectivity index (χ4n) is 4.52. The molecule has 21 heavy (non-hydrogen) atoms. The van der Waals surface area contributed by atoms with Gasteiger partial charge in [-0.15, -0.1) is 0 Å². The van der Waals surface area contributed by atoms with E-state index in [1.165, 1.54) is 37.7 Å². The van der Waals surface area contributed by atoms with E-state index >= 15 is 0 Å². The molecule has 108 valence electrons. The Morgan fingerprint density at radius 1 is 0.857 bits per heavy atom. The maximum atomic E-state index is 2.42. The van der Waals surface area contributed by atoms with E-state index in [1.807, 2.05) is 0 Å². The average Bonchev–Trinajstić information content (AvgIpc) is 2.54. The fraction of sp³-hybridized carbons (Fsp3) is 0.429. The zero-order valence-electron chi connectivity index (χ0n) is 12.7. The molecule has 0 bridgehead atoms. The largest absolute Gasteiger partial charge is 0.0882 e. The summed E-state index contributed by atoms with van der Waals surface area (Å²) in [6.07, 6.45) is 17.5. The van der Waals surface area contributed by atoms with E-state index in [0.717, 1.165) is 24.2 Å². The summed E-state index contributed by atoms with van der Waals surface area (Å²) in [7, 11) is 0. The van der Waals surface area contributed by atoms with Gasteiger partial charge < -0.3 is 0 Å². The summed E-state index contributed by atoms with van der Waals surface area (Å²) in [6.45, 7) is 0. The van der Waals surface area contributed by atoms with Gasteiger partial charge in [-0.2, -0.15) is 0 Å². The molecule has 0 saturated heterocycles. The van der Waals surface area contributed by atoms with Crippen LogP contribution in [0.4, 0.5) is 0 Å². The summed E-state index contributed by atoms with van der Waals surface area (Å²) in [4.78, 5) is 0. The molecule has 0 N–H and O–H groups in total. The van der Waals surface area contributed by atoms with Gasteiger partial charge in [0.2, 0.25) is 0 Å². The standard InChI is InChI=1S/C21H24/c1-2-7-16(8-3-1)13-19-11-6-12-20-14-17-9-4-5-10-18(17)15-21(19)20/h1-8,11,17-18,20H,9-10,12-15H2. The Hall–Kier alpha value is -1.56. The minimum absolute atomic E-state index is 0.835. The fourth-order valence-corrected chi connectivity index (χ4v) is 4.52. The van der Waals surface area contributed by atoms with E-state index in [1.54, 1.807) is 11.1 Å². The molecule has 1 saturated carbocycles. The summed E-state index contributed by atoms with van der Waals surface area (Å²) in [5.74, 6) is 2.70. The van der Waals surface area contributed by atoms with Crippen LogP contribution in [0.1, 0.15) is 37.7 Å². The summed E-state index contributed by atoms with van der Waals surface area (Å²) < 4.78 is 0. The Morgan fingerprint density at radius 3 is 2.52 bits per heavy atom. The van der Waals surface area contributed by atoms with Gasteiger partial charge in [0, 0.05) is 0 Å². The lowest BCUT2D eigenvalue weighted by molar-refractivity contribution is 0.222. The highest BCUT2D eigenvalue weighted by atomic mass is 14.4. The number of allylic oxidation sites excluding steroid dienone is 6. The molecule has 1 fully saturated rings. The van der Waals surface area contributed by atoms with Crippen LogP contribution in [-0.4, -0.2) is 0 Å². The number of benzene rings is 1. The number of rotatable bonds is 2. The third-order valence-electron chi connectivity index (χ3n) is 5.66. The van der Waals surface area contributed by atoms with Gasteiger partial charge in [0.25, 0.3) is 0 Å². The van der Waals surface area contributed by atoms with Gasteiger partial charge in [-0.25, -0.2) is 0 Å². The van der Waals surface area contributed by atoms with Crippen molar-refractivity contribution in [3.8, 4) is 0 Å². The number of hydrogen-bond acceptors (Lipinski definition) is 0. The van der Waals surface area contributed by atoms with E-state index < -0.39 is 0 Å². The first kappa shape index (κ1) is 13.1. The normalized spacial score (nSPS) is 31.0. The molecule has 0 aliphatic heterocycles. The molecule has 3 unspecified atom stereocenters. The van der Waals surface area contributed by atoms with Crippen molar-refractivity contribution in [2.45, 2.75) is 38.5 Å². The van der Waals surface area contributed by atoms with Crippen LogP contribution in [0.25, 0.3) is 0 Å². The molecule has 0 heteroatoms. The molecule has 3 aliphatic carbocycles. The van der Waals surface area contributed by atoms with E-state index in [0.29, 0.717) is 0 Å². The summed E-state index contributed by atoms with van der Waals surface area (Å²) in [6, 6.07) is 11.0. The van der Waals surface area contributed by atoms with Crippen LogP contribution in [-0.2, 0) is 6.42 Å². The first-order valence-electron chi connectivity index (χ1n) is 8.47. The number of hydrogen-bond donors (Lipinski definition) is 0. The predicted molar refractivity (Wildman–Crippen MR) is 89.0 cm³/mol. The minimum Gasteiger partial charge on any atom is -0.0882 e. The molecule has 0 nitrogen and oxygen atoms in total. The van der Waals surface area contributed by atoms with Crippen LogP contribution in [0, 0.1) is 17.8 Å². The Labute approximate surface area is 128 Å².